The molecule has 1 spiro atoms. The van der Waals surface area contributed by atoms with E-state index in [1.54, 1.807) is 0 Å². The van der Waals surface area contributed by atoms with E-state index in [4.69, 9.17) is 9.47 Å². The molecule has 0 unspecified atom stereocenters. The van der Waals surface area contributed by atoms with E-state index in [-0.39, 0.29) is 11.7 Å². The lowest BCUT2D eigenvalue weighted by Crippen LogP contribution is -2.42. The minimum atomic E-state index is -0.412. The predicted molar refractivity (Wildman–Crippen MR) is 55.6 cm³/mol. The Hall–Kier alpha value is -0.770. The largest absolute Gasteiger partial charge is 0.444 e. The van der Waals surface area contributed by atoms with Crippen LogP contribution < -0.4 is 5.32 Å². The molecule has 86 valence electrons. The molecule has 0 aromatic heterocycles. The molecule has 1 saturated carbocycles. The normalized spacial score (nSPS) is 33.4. The lowest BCUT2D eigenvalue weighted by molar-refractivity contribution is 0.0482. The lowest BCUT2D eigenvalue weighted by Gasteiger charge is -2.33. The summed E-state index contributed by atoms with van der Waals surface area (Å²) in [6, 6.07) is 0. The van der Waals surface area contributed by atoms with Crippen LogP contribution in [0, 0.1) is 5.92 Å². The minimum absolute atomic E-state index is 0.222. The van der Waals surface area contributed by atoms with Crippen molar-refractivity contribution in [3.63, 3.8) is 0 Å². The summed E-state index contributed by atoms with van der Waals surface area (Å²) in [4.78, 5) is 11.3. The van der Waals surface area contributed by atoms with Crippen molar-refractivity contribution in [1.29, 1.82) is 0 Å². The monoisotopic (exact) mass is 213 g/mol. The topological polar surface area (TPSA) is 50.9 Å². The van der Waals surface area contributed by atoms with Crippen molar-refractivity contribution in [3.05, 3.63) is 0 Å². The van der Waals surface area contributed by atoms with Crippen molar-refractivity contribution in [1.82, 2.24) is 5.32 Å². The van der Waals surface area contributed by atoms with Gasteiger partial charge in [0.1, 0.15) is 5.60 Å². The highest BCUT2D eigenvalue weighted by Crippen LogP contribution is 2.49. The third-order valence-electron chi connectivity index (χ3n) is 2.81. The molecule has 4 heteroatoms. The first kappa shape index (κ1) is 10.7. The van der Waals surface area contributed by atoms with Gasteiger partial charge in [0.05, 0.1) is 12.2 Å². The third-order valence-corrected chi connectivity index (χ3v) is 2.81. The quantitative estimate of drug-likeness (QED) is 0.710. The average Bonchev–Trinajstić information content (AvgIpc) is 2.73. The first-order valence-corrected chi connectivity index (χ1v) is 5.49. The summed E-state index contributed by atoms with van der Waals surface area (Å²) in [5.74, 6) is 0.569. The zero-order chi connectivity index (χ0) is 11.1. The second-order valence-corrected chi connectivity index (χ2v) is 5.63. The van der Waals surface area contributed by atoms with Crippen molar-refractivity contribution in [3.8, 4) is 0 Å². The number of epoxide rings is 1. The Morgan fingerprint density at radius 2 is 2.13 bits per heavy atom. The maximum atomic E-state index is 11.3. The van der Waals surface area contributed by atoms with Crippen molar-refractivity contribution >= 4 is 6.09 Å². The molecule has 1 aliphatic heterocycles. The van der Waals surface area contributed by atoms with Gasteiger partial charge in [-0.1, -0.05) is 0 Å². The Morgan fingerprint density at radius 3 is 2.60 bits per heavy atom. The van der Waals surface area contributed by atoms with E-state index in [0.717, 1.165) is 19.4 Å². The van der Waals surface area contributed by atoms with Gasteiger partial charge < -0.3 is 14.8 Å². The highest BCUT2D eigenvalue weighted by atomic mass is 16.6. The van der Waals surface area contributed by atoms with Crippen LogP contribution in [0.25, 0.3) is 0 Å². The standard InChI is InChI=1S/C11H19NO3/c1-10(2,3)15-9(13)12-6-8-4-11(5-8)7-14-11/h8H,4-7H2,1-3H3,(H,12,13). The van der Waals surface area contributed by atoms with E-state index in [0.29, 0.717) is 12.5 Å². The van der Waals surface area contributed by atoms with Gasteiger partial charge in [-0.2, -0.15) is 0 Å². The van der Waals surface area contributed by atoms with E-state index >= 15 is 0 Å². The van der Waals surface area contributed by atoms with Gasteiger partial charge in [-0.25, -0.2) is 4.79 Å². The second-order valence-electron chi connectivity index (χ2n) is 5.63. The Balaban J connectivity index is 1.60. The number of rotatable bonds is 2. The van der Waals surface area contributed by atoms with Crippen molar-refractivity contribution in [2.24, 2.45) is 5.92 Å². The Bertz CT molecular complexity index is 257. The Morgan fingerprint density at radius 1 is 1.53 bits per heavy atom. The zero-order valence-electron chi connectivity index (χ0n) is 9.63. The maximum absolute atomic E-state index is 11.3. The number of amides is 1. The van der Waals surface area contributed by atoms with Gasteiger partial charge >= 0.3 is 6.09 Å². The fourth-order valence-corrected chi connectivity index (χ4v) is 2.02. The van der Waals surface area contributed by atoms with E-state index < -0.39 is 5.60 Å². The van der Waals surface area contributed by atoms with Crippen LogP contribution in [0.5, 0.6) is 0 Å². The smallest absolute Gasteiger partial charge is 0.407 e. The molecule has 0 aromatic rings. The van der Waals surface area contributed by atoms with Crippen LogP contribution in [0.4, 0.5) is 4.79 Å². The SMILES string of the molecule is CC(C)(C)OC(=O)NCC1CC2(CO2)C1. The summed E-state index contributed by atoms with van der Waals surface area (Å²) >= 11 is 0. The number of alkyl carbamates (subject to hydrolysis) is 1. The number of ether oxygens (including phenoxy) is 2. The van der Waals surface area contributed by atoms with E-state index in [2.05, 4.69) is 5.32 Å². The molecular formula is C11H19NO3. The fourth-order valence-electron chi connectivity index (χ4n) is 2.02. The summed E-state index contributed by atoms with van der Waals surface area (Å²) < 4.78 is 10.4. The molecule has 0 aromatic carbocycles. The molecule has 1 N–H and O–H groups in total. The number of hydrogen-bond donors (Lipinski definition) is 1. The third kappa shape index (κ3) is 2.84. The average molecular weight is 213 g/mol. The summed E-state index contributed by atoms with van der Waals surface area (Å²) in [5, 5.41) is 2.79. The fraction of sp³-hybridized carbons (Fsp3) is 0.909. The molecule has 2 fully saturated rings. The lowest BCUT2D eigenvalue weighted by atomic mass is 9.75. The molecule has 1 amide bonds. The Labute approximate surface area is 90.3 Å². The van der Waals surface area contributed by atoms with E-state index in [9.17, 15) is 4.79 Å². The van der Waals surface area contributed by atoms with Gasteiger partial charge in [-0.05, 0) is 39.5 Å². The van der Waals surface area contributed by atoms with Crippen LogP contribution in [-0.4, -0.2) is 30.4 Å². The molecular weight excluding hydrogens is 194 g/mol. The maximum Gasteiger partial charge on any atom is 0.407 e. The van der Waals surface area contributed by atoms with Crippen LogP contribution in [0.1, 0.15) is 33.6 Å². The van der Waals surface area contributed by atoms with Crippen LogP contribution in [-0.2, 0) is 9.47 Å². The molecule has 1 saturated heterocycles. The van der Waals surface area contributed by atoms with Gasteiger partial charge in [0.15, 0.2) is 0 Å². The van der Waals surface area contributed by atoms with Gasteiger partial charge in [0.25, 0.3) is 0 Å². The Kier molecular flexibility index (Phi) is 2.41. The van der Waals surface area contributed by atoms with Crippen LogP contribution in [0.15, 0.2) is 0 Å². The molecule has 0 bridgehead atoms. The summed E-state index contributed by atoms with van der Waals surface area (Å²) in [5.41, 5.74) is -0.190. The van der Waals surface area contributed by atoms with Crippen LogP contribution in [0.2, 0.25) is 0 Å². The second kappa shape index (κ2) is 3.37. The van der Waals surface area contributed by atoms with Gasteiger partial charge in [-0.3, -0.25) is 0 Å². The predicted octanol–water partition coefficient (Wildman–Crippen LogP) is 1.69. The van der Waals surface area contributed by atoms with Crippen LogP contribution in [0.3, 0.4) is 0 Å². The molecule has 0 radical (unpaired) electrons. The summed E-state index contributed by atoms with van der Waals surface area (Å²) in [7, 11) is 0. The van der Waals surface area contributed by atoms with Crippen molar-refractivity contribution in [2.45, 2.75) is 44.8 Å². The minimum Gasteiger partial charge on any atom is -0.444 e. The zero-order valence-corrected chi connectivity index (χ0v) is 9.63. The number of carbonyl (C=O) groups is 1. The van der Waals surface area contributed by atoms with Gasteiger partial charge in [0, 0.05) is 6.54 Å². The van der Waals surface area contributed by atoms with Gasteiger partial charge in [-0.15, -0.1) is 0 Å². The molecule has 1 aliphatic carbocycles. The highest BCUT2D eigenvalue weighted by molar-refractivity contribution is 5.67. The highest BCUT2D eigenvalue weighted by Gasteiger charge is 2.55. The number of carbonyl (C=O) groups excluding carboxylic acids is 1. The van der Waals surface area contributed by atoms with Crippen LogP contribution >= 0.6 is 0 Å². The van der Waals surface area contributed by atoms with Crippen molar-refractivity contribution < 1.29 is 14.3 Å². The number of hydrogen-bond acceptors (Lipinski definition) is 3. The summed E-state index contributed by atoms with van der Waals surface area (Å²) in [6.45, 7) is 7.21. The van der Waals surface area contributed by atoms with Gasteiger partial charge in [0.2, 0.25) is 0 Å². The first-order chi connectivity index (χ1) is 6.89. The van der Waals surface area contributed by atoms with E-state index in [1.807, 2.05) is 20.8 Å². The molecule has 4 nitrogen and oxygen atoms in total. The van der Waals surface area contributed by atoms with Crippen molar-refractivity contribution in [2.75, 3.05) is 13.2 Å². The molecule has 1 heterocycles. The molecule has 0 atom stereocenters. The summed E-state index contributed by atoms with van der Waals surface area (Å²) in [6.07, 6.45) is 1.85. The molecule has 2 rings (SSSR count). The van der Waals surface area contributed by atoms with E-state index in [1.165, 1.54) is 0 Å². The number of nitrogens with one attached hydrogen (secondary N) is 1. The first-order valence-electron chi connectivity index (χ1n) is 5.49. The molecule has 2 aliphatic rings. The molecule has 15 heavy (non-hydrogen) atoms.